The predicted octanol–water partition coefficient (Wildman–Crippen LogP) is 4.07. The Morgan fingerprint density at radius 3 is 2.76 bits per heavy atom. The SMILES string of the molecule is C#CC(C)C=NC(=NCOc1cccc2c1C(=O)CC2C)NCC(=CC(=CCC)N1CCN(C)CC1)OC. The summed E-state index contributed by atoms with van der Waals surface area (Å²) in [5.41, 5.74) is 2.85. The number of Topliss-reactive ketones (excluding diaryl/α,β-unsaturated/α-hetero) is 1. The van der Waals surface area contributed by atoms with Crippen molar-refractivity contribution in [2.45, 2.75) is 39.5 Å². The van der Waals surface area contributed by atoms with Crippen LogP contribution in [0.1, 0.15) is 55.5 Å². The van der Waals surface area contributed by atoms with Crippen molar-refractivity contribution in [3.05, 3.63) is 52.9 Å². The summed E-state index contributed by atoms with van der Waals surface area (Å²) < 4.78 is 11.6. The third kappa shape index (κ3) is 7.96. The van der Waals surface area contributed by atoms with Crippen LogP contribution in [0.5, 0.6) is 5.75 Å². The number of terminal acetylenes is 1. The molecule has 1 aliphatic heterocycles. The minimum Gasteiger partial charge on any atom is -0.499 e. The number of guanidine groups is 1. The van der Waals surface area contributed by atoms with Gasteiger partial charge in [0.15, 0.2) is 12.5 Å². The highest BCUT2D eigenvalue weighted by atomic mass is 16.5. The number of aliphatic imine (C=N–C) groups is 2. The fraction of sp³-hybridized carbons (Fsp3) is 0.500. The molecule has 204 valence electrons. The second-order valence-electron chi connectivity index (χ2n) is 9.73. The third-order valence-corrected chi connectivity index (χ3v) is 6.75. The average molecular weight is 520 g/mol. The van der Waals surface area contributed by atoms with Crippen molar-refractivity contribution < 1.29 is 14.3 Å². The smallest absolute Gasteiger partial charge is 0.221 e. The van der Waals surface area contributed by atoms with Gasteiger partial charge in [-0.3, -0.25) is 4.79 Å². The van der Waals surface area contributed by atoms with Gasteiger partial charge >= 0.3 is 0 Å². The maximum atomic E-state index is 12.5. The van der Waals surface area contributed by atoms with Crippen molar-refractivity contribution >= 4 is 18.0 Å². The van der Waals surface area contributed by atoms with Crippen LogP contribution in [0.4, 0.5) is 0 Å². The standard InChI is InChI=1S/C30H41N5O3/c1-7-10-24(35-15-13-34(5)14-16-35)18-25(37-6)20-32-30(31-19-22(3)8-2)33-21-38-28-12-9-11-26-23(4)17-27(36)29(26)28/h2,9-12,18-19,22-23H,7,13-17,20-21H2,1,3-6H3,(H,32,33). The molecule has 1 fully saturated rings. The van der Waals surface area contributed by atoms with Crippen molar-refractivity contribution in [2.24, 2.45) is 15.9 Å². The second kappa shape index (κ2) is 14.4. The van der Waals surface area contributed by atoms with E-state index >= 15 is 0 Å². The van der Waals surface area contributed by atoms with Crippen LogP contribution < -0.4 is 10.1 Å². The fourth-order valence-corrected chi connectivity index (χ4v) is 4.46. The molecule has 0 radical (unpaired) electrons. The summed E-state index contributed by atoms with van der Waals surface area (Å²) in [4.78, 5) is 26.2. The number of benzene rings is 1. The van der Waals surface area contributed by atoms with Crippen molar-refractivity contribution in [1.29, 1.82) is 0 Å². The number of hydrogen-bond donors (Lipinski definition) is 1. The lowest BCUT2D eigenvalue weighted by Crippen LogP contribution is -2.43. The summed E-state index contributed by atoms with van der Waals surface area (Å²) in [6, 6.07) is 5.71. The number of fused-ring (bicyclic) bond motifs is 1. The number of piperazine rings is 1. The van der Waals surface area contributed by atoms with E-state index in [9.17, 15) is 4.79 Å². The van der Waals surface area contributed by atoms with Crippen LogP contribution in [0.2, 0.25) is 0 Å². The van der Waals surface area contributed by atoms with Crippen molar-refractivity contribution in [3.8, 4) is 18.1 Å². The van der Waals surface area contributed by atoms with Gasteiger partial charge in [0.2, 0.25) is 5.96 Å². The van der Waals surface area contributed by atoms with Gasteiger partial charge in [-0.05, 0) is 37.9 Å². The normalized spacial score (nSPS) is 19.9. The van der Waals surface area contributed by atoms with Crippen molar-refractivity contribution in [1.82, 2.24) is 15.1 Å². The first kappa shape index (κ1) is 29.0. The Balaban J connectivity index is 1.72. The summed E-state index contributed by atoms with van der Waals surface area (Å²) in [6.45, 7) is 10.5. The molecule has 0 bridgehead atoms. The van der Waals surface area contributed by atoms with Crippen LogP contribution in [-0.2, 0) is 4.74 Å². The minimum absolute atomic E-state index is 0.0105. The molecular weight excluding hydrogens is 478 g/mol. The van der Waals surface area contributed by atoms with Gasteiger partial charge in [-0.1, -0.05) is 38.0 Å². The molecule has 0 spiro atoms. The van der Waals surface area contributed by atoms with Crippen molar-refractivity contribution in [3.63, 3.8) is 0 Å². The quantitative estimate of drug-likeness (QED) is 0.165. The summed E-state index contributed by atoms with van der Waals surface area (Å²) in [5, 5.41) is 3.25. The minimum atomic E-state index is -0.145. The first-order valence-corrected chi connectivity index (χ1v) is 13.3. The molecule has 0 amide bonds. The van der Waals surface area contributed by atoms with E-state index in [1.807, 2.05) is 25.1 Å². The summed E-state index contributed by atoms with van der Waals surface area (Å²) in [7, 11) is 3.81. The van der Waals surface area contributed by atoms with E-state index in [4.69, 9.17) is 15.9 Å². The molecule has 2 unspecified atom stereocenters. The number of ether oxygens (including phenoxy) is 2. The Morgan fingerprint density at radius 2 is 2.08 bits per heavy atom. The fourth-order valence-electron chi connectivity index (χ4n) is 4.46. The number of hydrogen-bond acceptors (Lipinski definition) is 6. The third-order valence-electron chi connectivity index (χ3n) is 6.75. The molecule has 1 N–H and O–H groups in total. The van der Waals surface area contributed by atoms with E-state index in [2.05, 4.69) is 64.1 Å². The maximum absolute atomic E-state index is 12.5. The Kier molecular flexibility index (Phi) is 11.0. The predicted molar refractivity (Wildman–Crippen MR) is 154 cm³/mol. The van der Waals surface area contributed by atoms with Crippen LogP contribution >= 0.6 is 0 Å². The number of rotatable bonds is 10. The van der Waals surface area contributed by atoms with Crippen LogP contribution in [-0.4, -0.2) is 81.4 Å². The van der Waals surface area contributed by atoms with Crippen LogP contribution in [0.25, 0.3) is 0 Å². The number of likely N-dealkylation sites (N-methyl/N-ethyl adjacent to an activating group) is 1. The summed E-state index contributed by atoms with van der Waals surface area (Å²) in [5.74, 6) is 4.50. The molecule has 1 heterocycles. The molecule has 1 aliphatic carbocycles. The molecule has 2 aliphatic rings. The Labute approximate surface area is 227 Å². The molecule has 3 rings (SSSR count). The van der Waals surface area contributed by atoms with Gasteiger partial charge in [0, 0.05) is 50.6 Å². The van der Waals surface area contributed by atoms with E-state index in [-0.39, 0.29) is 24.3 Å². The molecular formula is C30H41N5O3. The number of carbonyl (C=O) groups is 1. The van der Waals surface area contributed by atoms with Gasteiger partial charge in [0.25, 0.3) is 0 Å². The van der Waals surface area contributed by atoms with E-state index in [0.29, 0.717) is 30.2 Å². The molecule has 1 aromatic rings. The van der Waals surface area contributed by atoms with Gasteiger partial charge < -0.3 is 24.6 Å². The zero-order valence-corrected chi connectivity index (χ0v) is 23.4. The first-order valence-electron chi connectivity index (χ1n) is 13.3. The molecule has 8 heteroatoms. The van der Waals surface area contributed by atoms with E-state index in [0.717, 1.165) is 49.6 Å². The van der Waals surface area contributed by atoms with Gasteiger partial charge in [-0.25, -0.2) is 9.98 Å². The van der Waals surface area contributed by atoms with Crippen LogP contribution in [0.15, 0.2) is 51.8 Å². The van der Waals surface area contributed by atoms with Gasteiger partial charge in [0.1, 0.15) is 11.5 Å². The number of methoxy groups -OCH3 is 1. The molecule has 0 aromatic heterocycles. The highest BCUT2D eigenvalue weighted by Crippen LogP contribution is 2.37. The number of carbonyl (C=O) groups excluding carboxylic acids is 1. The lowest BCUT2D eigenvalue weighted by atomic mass is 10.0. The lowest BCUT2D eigenvalue weighted by molar-refractivity contribution is 0.0987. The largest absolute Gasteiger partial charge is 0.499 e. The Bertz CT molecular complexity index is 1120. The molecule has 38 heavy (non-hydrogen) atoms. The first-order chi connectivity index (χ1) is 18.4. The van der Waals surface area contributed by atoms with Crippen molar-refractivity contribution in [2.75, 3.05) is 53.6 Å². The highest BCUT2D eigenvalue weighted by Gasteiger charge is 2.29. The highest BCUT2D eigenvalue weighted by molar-refractivity contribution is 6.03. The van der Waals surface area contributed by atoms with E-state index in [1.54, 1.807) is 13.3 Å². The van der Waals surface area contributed by atoms with Gasteiger partial charge in [-0.2, -0.15) is 0 Å². The number of allylic oxidation sites excluding steroid dienone is 2. The van der Waals surface area contributed by atoms with Crippen LogP contribution in [0.3, 0.4) is 0 Å². The van der Waals surface area contributed by atoms with Gasteiger partial charge in [-0.15, -0.1) is 6.42 Å². The van der Waals surface area contributed by atoms with E-state index < -0.39 is 0 Å². The summed E-state index contributed by atoms with van der Waals surface area (Å²) >= 11 is 0. The zero-order valence-electron chi connectivity index (χ0n) is 23.4. The zero-order chi connectivity index (χ0) is 27.5. The maximum Gasteiger partial charge on any atom is 0.221 e. The number of ketones is 1. The molecule has 2 atom stereocenters. The second-order valence-corrected chi connectivity index (χ2v) is 9.73. The molecule has 1 saturated heterocycles. The number of nitrogens with one attached hydrogen (secondary N) is 1. The summed E-state index contributed by atoms with van der Waals surface area (Å²) in [6.07, 6.45) is 12.9. The lowest BCUT2D eigenvalue weighted by Gasteiger charge is -2.35. The molecule has 0 saturated carbocycles. The average Bonchev–Trinajstić information content (AvgIpc) is 3.22. The topological polar surface area (TPSA) is 78.8 Å². The molecule has 8 nitrogen and oxygen atoms in total. The number of nitrogens with zero attached hydrogens (tertiary/aromatic N) is 4. The van der Waals surface area contributed by atoms with E-state index in [1.165, 1.54) is 0 Å². The monoisotopic (exact) mass is 519 g/mol. The Hall–Kier alpha value is -3.57. The van der Waals surface area contributed by atoms with Gasteiger partial charge in [0.05, 0.1) is 25.1 Å². The molecule has 1 aromatic carbocycles. The van der Waals surface area contributed by atoms with Crippen LogP contribution in [0, 0.1) is 18.3 Å². The Morgan fingerprint density at radius 1 is 1.32 bits per heavy atom.